The summed E-state index contributed by atoms with van der Waals surface area (Å²) in [7, 11) is 1.67. The van der Waals surface area contributed by atoms with E-state index in [4.69, 9.17) is 5.11 Å². The quantitative estimate of drug-likeness (QED) is 0.692. The van der Waals surface area contributed by atoms with E-state index in [1.165, 1.54) is 4.68 Å². The summed E-state index contributed by atoms with van der Waals surface area (Å²) in [4.78, 5) is 14.0. The maximum atomic E-state index is 10.4. The van der Waals surface area contributed by atoms with Gasteiger partial charge in [-0.2, -0.15) is 4.98 Å². The molecule has 0 spiro atoms. The Balaban J connectivity index is 2.38. The summed E-state index contributed by atoms with van der Waals surface area (Å²) in [5.74, 6) is -1.61. The van der Waals surface area contributed by atoms with Crippen LogP contribution < -0.4 is 0 Å². The van der Waals surface area contributed by atoms with Crippen LogP contribution in [0.4, 0.5) is 0 Å². The highest BCUT2D eigenvalue weighted by atomic mass is 16.5. The Bertz CT molecular complexity index is 473. The first-order chi connectivity index (χ1) is 6.66. The fourth-order valence-corrected chi connectivity index (χ4v) is 0.860. The van der Waals surface area contributed by atoms with Crippen LogP contribution in [0.1, 0.15) is 10.6 Å². The summed E-state index contributed by atoms with van der Waals surface area (Å²) in [6, 6.07) is 0. The second-order valence-corrected chi connectivity index (χ2v) is 2.51. The van der Waals surface area contributed by atoms with Crippen molar-refractivity contribution in [1.82, 2.24) is 25.1 Å². The molecule has 2 heterocycles. The number of nitrogens with zero attached hydrogens (tertiary/aromatic N) is 5. The highest BCUT2D eigenvalue weighted by molar-refractivity contribution is 5.83. The third-order valence-electron chi connectivity index (χ3n) is 1.44. The van der Waals surface area contributed by atoms with Gasteiger partial charge in [0, 0.05) is 7.05 Å². The zero-order valence-electron chi connectivity index (χ0n) is 7.08. The number of carboxylic acids is 1. The lowest BCUT2D eigenvalue weighted by Gasteiger charge is -1.80. The number of carbonyl (C=O) groups is 1. The fourth-order valence-electron chi connectivity index (χ4n) is 0.860. The lowest BCUT2D eigenvalue weighted by atomic mass is 10.5. The van der Waals surface area contributed by atoms with Gasteiger partial charge in [-0.25, -0.2) is 4.79 Å². The van der Waals surface area contributed by atoms with Gasteiger partial charge in [-0.3, -0.25) is 4.68 Å². The van der Waals surface area contributed by atoms with Gasteiger partial charge >= 0.3 is 5.97 Å². The topological polar surface area (TPSA) is 107 Å². The van der Waals surface area contributed by atoms with E-state index in [1.54, 1.807) is 13.2 Å². The van der Waals surface area contributed by atoms with Gasteiger partial charge < -0.3 is 9.63 Å². The molecule has 1 N–H and O–H groups in total. The van der Waals surface area contributed by atoms with Crippen molar-refractivity contribution in [3.05, 3.63) is 12.0 Å². The minimum Gasteiger partial charge on any atom is -0.475 e. The molecule has 0 bridgehead atoms. The van der Waals surface area contributed by atoms with E-state index in [-0.39, 0.29) is 5.89 Å². The van der Waals surface area contributed by atoms with Crippen molar-refractivity contribution in [3.63, 3.8) is 0 Å². The average Bonchev–Trinajstić information content (AvgIpc) is 2.70. The molecule has 2 rings (SSSR count). The first-order valence-electron chi connectivity index (χ1n) is 3.60. The lowest BCUT2D eigenvalue weighted by Crippen LogP contribution is -1.98. The molecule has 0 aliphatic rings. The number of hydrogen-bond donors (Lipinski definition) is 1. The van der Waals surface area contributed by atoms with E-state index in [1.807, 2.05) is 0 Å². The van der Waals surface area contributed by atoms with E-state index in [0.717, 1.165) is 0 Å². The van der Waals surface area contributed by atoms with Gasteiger partial charge in [-0.05, 0) is 5.16 Å². The zero-order valence-corrected chi connectivity index (χ0v) is 7.08. The van der Waals surface area contributed by atoms with Crippen molar-refractivity contribution < 1.29 is 14.4 Å². The zero-order chi connectivity index (χ0) is 10.1. The average molecular weight is 195 g/mol. The van der Waals surface area contributed by atoms with Crippen molar-refractivity contribution in [3.8, 4) is 11.6 Å². The molecule has 0 aromatic carbocycles. The molecule has 0 aliphatic carbocycles. The molecule has 0 saturated carbocycles. The predicted molar refractivity (Wildman–Crippen MR) is 41.3 cm³/mol. The summed E-state index contributed by atoms with van der Waals surface area (Å²) in [5.41, 5.74) is 0.340. The number of rotatable bonds is 2. The summed E-state index contributed by atoms with van der Waals surface area (Å²) >= 11 is 0. The van der Waals surface area contributed by atoms with Gasteiger partial charge in [0.15, 0.2) is 5.69 Å². The van der Waals surface area contributed by atoms with Gasteiger partial charge in [0.05, 0.1) is 6.20 Å². The summed E-state index contributed by atoms with van der Waals surface area (Å²) < 4.78 is 6.11. The fraction of sp³-hybridized carbons (Fsp3) is 0.167. The van der Waals surface area contributed by atoms with Crippen molar-refractivity contribution in [2.24, 2.45) is 7.05 Å². The normalized spacial score (nSPS) is 10.4. The van der Waals surface area contributed by atoms with Crippen LogP contribution >= 0.6 is 0 Å². The molecule has 0 atom stereocenters. The number of carboxylic acid groups (broad SMARTS) is 1. The Labute approximate surface area is 77.2 Å². The van der Waals surface area contributed by atoms with Crippen LogP contribution in [0.25, 0.3) is 11.6 Å². The molecule has 0 amide bonds. The van der Waals surface area contributed by atoms with Gasteiger partial charge in [0.1, 0.15) is 0 Å². The predicted octanol–water partition coefficient (Wildman–Crippen LogP) is -0.437. The molecule has 2 aromatic rings. The molecule has 8 nitrogen and oxygen atoms in total. The van der Waals surface area contributed by atoms with Gasteiger partial charge in [-0.15, -0.1) is 5.10 Å². The number of aromatic nitrogens is 5. The smallest absolute Gasteiger partial charge is 0.377 e. The lowest BCUT2D eigenvalue weighted by molar-refractivity contribution is 0.0680. The highest BCUT2D eigenvalue weighted by Gasteiger charge is 2.16. The van der Waals surface area contributed by atoms with E-state index in [2.05, 4.69) is 25.0 Å². The first kappa shape index (κ1) is 8.35. The van der Waals surface area contributed by atoms with Crippen molar-refractivity contribution >= 4 is 5.97 Å². The molecular formula is C6H5N5O3. The maximum absolute atomic E-state index is 10.4. The third kappa shape index (κ3) is 1.32. The van der Waals surface area contributed by atoms with Crippen LogP contribution in [0, 0.1) is 0 Å². The van der Waals surface area contributed by atoms with E-state index in [9.17, 15) is 4.79 Å². The molecule has 72 valence electrons. The van der Waals surface area contributed by atoms with E-state index in [0.29, 0.717) is 5.69 Å². The molecule has 2 aromatic heterocycles. The molecular weight excluding hydrogens is 190 g/mol. The summed E-state index contributed by atoms with van der Waals surface area (Å²) in [5, 5.41) is 19.1. The van der Waals surface area contributed by atoms with Gasteiger partial charge in [0.2, 0.25) is 0 Å². The molecule has 14 heavy (non-hydrogen) atoms. The molecule has 0 fully saturated rings. The number of aryl methyl sites for hydroxylation is 1. The van der Waals surface area contributed by atoms with Gasteiger partial charge in [0.25, 0.3) is 11.7 Å². The largest absolute Gasteiger partial charge is 0.475 e. The third-order valence-corrected chi connectivity index (χ3v) is 1.44. The second kappa shape index (κ2) is 2.91. The Morgan fingerprint density at radius 1 is 1.64 bits per heavy atom. The standard InChI is InChI=1S/C6H5N5O3/c1-11-2-3(8-10-11)5-7-4(6(12)13)9-14-5/h2H,1H3,(H,12,13). The maximum Gasteiger partial charge on any atom is 0.377 e. The number of aromatic carboxylic acids is 1. The first-order valence-corrected chi connectivity index (χ1v) is 3.60. The van der Waals surface area contributed by atoms with Crippen LogP contribution in [-0.2, 0) is 7.05 Å². The van der Waals surface area contributed by atoms with Crippen LogP contribution in [0.15, 0.2) is 10.7 Å². The Morgan fingerprint density at radius 3 is 2.93 bits per heavy atom. The van der Waals surface area contributed by atoms with Crippen molar-refractivity contribution in [1.29, 1.82) is 0 Å². The van der Waals surface area contributed by atoms with Crippen LogP contribution in [0.3, 0.4) is 0 Å². The summed E-state index contributed by atoms with van der Waals surface area (Å²) in [6.07, 6.45) is 1.54. The second-order valence-electron chi connectivity index (χ2n) is 2.51. The van der Waals surface area contributed by atoms with Crippen molar-refractivity contribution in [2.75, 3.05) is 0 Å². The minimum absolute atomic E-state index is 0.0375. The Hall–Kier alpha value is -2.25. The van der Waals surface area contributed by atoms with E-state index < -0.39 is 11.8 Å². The molecule has 0 saturated heterocycles. The minimum atomic E-state index is -1.25. The van der Waals surface area contributed by atoms with Crippen molar-refractivity contribution in [2.45, 2.75) is 0 Å². The SMILES string of the molecule is Cn1cc(-c2nc(C(=O)O)no2)nn1. The number of hydrogen-bond acceptors (Lipinski definition) is 6. The van der Waals surface area contributed by atoms with Gasteiger partial charge in [-0.1, -0.05) is 5.21 Å². The Kier molecular flexibility index (Phi) is 1.73. The monoisotopic (exact) mass is 195 g/mol. The van der Waals surface area contributed by atoms with Crippen LogP contribution in [0.5, 0.6) is 0 Å². The molecule has 0 radical (unpaired) electrons. The molecule has 0 unspecified atom stereocenters. The van der Waals surface area contributed by atoms with E-state index >= 15 is 0 Å². The Morgan fingerprint density at radius 2 is 2.43 bits per heavy atom. The van der Waals surface area contributed by atoms with Crippen LogP contribution in [-0.4, -0.2) is 36.2 Å². The summed E-state index contributed by atoms with van der Waals surface area (Å²) in [6.45, 7) is 0. The van der Waals surface area contributed by atoms with Crippen LogP contribution in [0.2, 0.25) is 0 Å². The molecule has 0 aliphatic heterocycles. The highest BCUT2D eigenvalue weighted by Crippen LogP contribution is 2.12. The molecule has 8 heteroatoms.